The normalized spacial score (nSPS) is 26.8. The number of aliphatic hydroxyl groups excluding tert-OH is 1. The Morgan fingerprint density at radius 1 is 1.28 bits per heavy atom. The molecule has 0 aromatic carbocycles. The van der Waals surface area contributed by atoms with E-state index in [0.29, 0.717) is 11.9 Å². The molecule has 1 N–H and O–H groups in total. The molecule has 0 aromatic heterocycles. The molecule has 1 saturated carbocycles. The van der Waals surface area contributed by atoms with E-state index in [2.05, 4.69) is 0 Å². The third-order valence-electron chi connectivity index (χ3n) is 4.55. The Hall–Kier alpha value is -0.570. The summed E-state index contributed by atoms with van der Waals surface area (Å²) in [6.07, 6.45) is 9.78. The Morgan fingerprint density at radius 2 is 2.00 bits per heavy atom. The van der Waals surface area contributed by atoms with Crippen LogP contribution in [0.5, 0.6) is 0 Å². The van der Waals surface area contributed by atoms with Crippen LogP contribution in [-0.2, 0) is 4.79 Å². The monoisotopic (exact) mass is 253 g/mol. The molecule has 0 spiro atoms. The molecule has 1 heterocycles. The summed E-state index contributed by atoms with van der Waals surface area (Å²) in [5.74, 6) is 1.12. The summed E-state index contributed by atoms with van der Waals surface area (Å²) in [6, 6.07) is 0.293. The molecule has 3 heteroatoms. The summed E-state index contributed by atoms with van der Waals surface area (Å²) in [5.41, 5.74) is 0. The highest BCUT2D eigenvalue weighted by Gasteiger charge is 2.29. The first-order valence-corrected chi connectivity index (χ1v) is 7.64. The van der Waals surface area contributed by atoms with Crippen LogP contribution in [-0.4, -0.2) is 34.6 Å². The third-order valence-corrected chi connectivity index (χ3v) is 4.55. The summed E-state index contributed by atoms with van der Waals surface area (Å²) in [4.78, 5) is 14.3. The first-order chi connectivity index (χ1) is 8.66. The maximum atomic E-state index is 12.2. The van der Waals surface area contributed by atoms with Crippen molar-refractivity contribution in [1.82, 2.24) is 4.90 Å². The Bertz CT molecular complexity index is 272. The van der Waals surface area contributed by atoms with E-state index in [1.54, 1.807) is 0 Å². The van der Waals surface area contributed by atoms with Gasteiger partial charge < -0.3 is 10.0 Å². The standard InChI is InChI=1S/C15H27NO2/c1-12(17)11-14-7-4-10-16(14)15(18)9-8-13-5-2-3-6-13/h12-14,17H,2-11H2,1H3. The van der Waals surface area contributed by atoms with Gasteiger partial charge in [-0.2, -0.15) is 0 Å². The molecule has 1 amide bonds. The molecule has 2 fully saturated rings. The van der Waals surface area contributed by atoms with E-state index in [0.717, 1.165) is 44.6 Å². The first kappa shape index (κ1) is 13.9. The number of hydrogen-bond donors (Lipinski definition) is 1. The van der Waals surface area contributed by atoms with Crippen molar-refractivity contribution in [3.63, 3.8) is 0 Å². The Kier molecular flexibility index (Phi) is 5.04. The predicted molar refractivity (Wildman–Crippen MR) is 72.2 cm³/mol. The van der Waals surface area contributed by atoms with Crippen molar-refractivity contribution in [3.8, 4) is 0 Å². The minimum absolute atomic E-state index is 0.293. The smallest absolute Gasteiger partial charge is 0.222 e. The second-order valence-corrected chi connectivity index (χ2v) is 6.16. The Balaban J connectivity index is 1.76. The number of aliphatic hydroxyl groups is 1. The number of amides is 1. The van der Waals surface area contributed by atoms with Gasteiger partial charge in [-0.1, -0.05) is 25.7 Å². The lowest BCUT2D eigenvalue weighted by Crippen LogP contribution is -2.37. The highest BCUT2D eigenvalue weighted by Crippen LogP contribution is 2.29. The molecule has 104 valence electrons. The van der Waals surface area contributed by atoms with E-state index >= 15 is 0 Å². The zero-order chi connectivity index (χ0) is 13.0. The fraction of sp³-hybridized carbons (Fsp3) is 0.933. The second-order valence-electron chi connectivity index (χ2n) is 6.16. The summed E-state index contributed by atoms with van der Waals surface area (Å²) in [6.45, 7) is 2.72. The van der Waals surface area contributed by atoms with Crippen LogP contribution >= 0.6 is 0 Å². The number of likely N-dealkylation sites (tertiary alicyclic amines) is 1. The highest BCUT2D eigenvalue weighted by molar-refractivity contribution is 5.76. The molecule has 1 aliphatic heterocycles. The quantitative estimate of drug-likeness (QED) is 0.818. The van der Waals surface area contributed by atoms with Gasteiger partial charge in [-0.3, -0.25) is 4.79 Å². The molecule has 1 saturated heterocycles. The third kappa shape index (κ3) is 3.71. The van der Waals surface area contributed by atoms with Crippen molar-refractivity contribution >= 4 is 5.91 Å². The van der Waals surface area contributed by atoms with Crippen LogP contribution in [0.15, 0.2) is 0 Å². The minimum Gasteiger partial charge on any atom is -0.393 e. The molecule has 2 atom stereocenters. The summed E-state index contributed by atoms with van der Waals surface area (Å²) in [5, 5.41) is 9.48. The predicted octanol–water partition coefficient (Wildman–Crippen LogP) is 2.72. The van der Waals surface area contributed by atoms with Crippen molar-refractivity contribution in [1.29, 1.82) is 0 Å². The van der Waals surface area contributed by atoms with Gasteiger partial charge in [0.25, 0.3) is 0 Å². The molecule has 0 aromatic rings. The lowest BCUT2D eigenvalue weighted by atomic mass is 10.0. The van der Waals surface area contributed by atoms with Crippen LogP contribution in [0.25, 0.3) is 0 Å². The van der Waals surface area contributed by atoms with Gasteiger partial charge in [0.05, 0.1) is 6.10 Å². The average molecular weight is 253 g/mol. The van der Waals surface area contributed by atoms with Crippen LogP contribution in [0.2, 0.25) is 0 Å². The van der Waals surface area contributed by atoms with Gasteiger partial charge in [0.1, 0.15) is 0 Å². The van der Waals surface area contributed by atoms with Crippen molar-refractivity contribution in [2.75, 3.05) is 6.54 Å². The van der Waals surface area contributed by atoms with Crippen molar-refractivity contribution in [2.45, 2.75) is 76.9 Å². The lowest BCUT2D eigenvalue weighted by molar-refractivity contribution is -0.132. The van der Waals surface area contributed by atoms with E-state index in [9.17, 15) is 9.90 Å². The SMILES string of the molecule is CC(O)CC1CCCN1C(=O)CCC1CCCC1. The van der Waals surface area contributed by atoms with Crippen LogP contribution in [0.4, 0.5) is 0 Å². The molecule has 18 heavy (non-hydrogen) atoms. The van der Waals surface area contributed by atoms with Gasteiger partial charge in [0.2, 0.25) is 5.91 Å². The molecule has 2 unspecified atom stereocenters. The molecular weight excluding hydrogens is 226 g/mol. The molecule has 2 aliphatic rings. The van der Waals surface area contributed by atoms with E-state index in [-0.39, 0.29) is 6.10 Å². The number of hydrogen-bond acceptors (Lipinski definition) is 2. The molecule has 2 rings (SSSR count). The molecule has 3 nitrogen and oxygen atoms in total. The van der Waals surface area contributed by atoms with Crippen molar-refractivity contribution in [2.24, 2.45) is 5.92 Å². The summed E-state index contributed by atoms with van der Waals surface area (Å²) < 4.78 is 0. The molecule has 1 aliphatic carbocycles. The zero-order valence-electron chi connectivity index (χ0n) is 11.6. The van der Waals surface area contributed by atoms with Crippen LogP contribution in [0, 0.1) is 5.92 Å². The van der Waals surface area contributed by atoms with Gasteiger partial charge in [-0.05, 0) is 38.5 Å². The first-order valence-electron chi connectivity index (χ1n) is 7.64. The average Bonchev–Trinajstić information content (AvgIpc) is 2.95. The summed E-state index contributed by atoms with van der Waals surface area (Å²) in [7, 11) is 0. The fourth-order valence-electron chi connectivity index (χ4n) is 3.57. The number of rotatable bonds is 5. The van der Waals surface area contributed by atoms with E-state index < -0.39 is 0 Å². The maximum absolute atomic E-state index is 12.2. The van der Waals surface area contributed by atoms with Crippen LogP contribution < -0.4 is 0 Å². The number of carbonyl (C=O) groups is 1. The maximum Gasteiger partial charge on any atom is 0.222 e. The topological polar surface area (TPSA) is 40.5 Å². The zero-order valence-corrected chi connectivity index (χ0v) is 11.6. The van der Waals surface area contributed by atoms with Crippen molar-refractivity contribution in [3.05, 3.63) is 0 Å². The molecule has 0 radical (unpaired) electrons. The van der Waals surface area contributed by atoms with E-state index in [1.165, 1.54) is 25.7 Å². The van der Waals surface area contributed by atoms with E-state index in [1.807, 2.05) is 11.8 Å². The molecule has 0 bridgehead atoms. The van der Waals surface area contributed by atoms with Gasteiger partial charge in [-0.15, -0.1) is 0 Å². The van der Waals surface area contributed by atoms with Gasteiger partial charge in [0, 0.05) is 19.0 Å². The van der Waals surface area contributed by atoms with Crippen LogP contribution in [0.3, 0.4) is 0 Å². The highest BCUT2D eigenvalue weighted by atomic mass is 16.3. The van der Waals surface area contributed by atoms with Gasteiger partial charge in [-0.25, -0.2) is 0 Å². The fourth-order valence-corrected chi connectivity index (χ4v) is 3.57. The number of carbonyl (C=O) groups excluding carboxylic acids is 1. The Labute approximate surface area is 111 Å². The number of nitrogens with zero attached hydrogens (tertiary/aromatic N) is 1. The molecular formula is C15H27NO2. The summed E-state index contributed by atoms with van der Waals surface area (Å²) >= 11 is 0. The van der Waals surface area contributed by atoms with Crippen molar-refractivity contribution < 1.29 is 9.90 Å². The minimum atomic E-state index is -0.293. The van der Waals surface area contributed by atoms with E-state index in [4.69, 9.17) is 0 Å². The lowest BCUT2D eigenvalue weighted by Gasteiger charge is -2.26. The van der Waals surface area contributed by atoms with Gasteiger partial charge >= 0.3 is 0 Å². The van der Waals surface area contributed by atoms with Crippen LogP contribution in [0.1, 0.15) is 64.7 Å². The van der Waals surface area contributed by atoms with Gasteiger partial charge in [0.15, 0.2) is 0 Å². The largest absolute Gasteiger partial charge is 0.393 e. The Morgan fingerprint density at radius 3 is 2.67 bits per heavy atom. The second kappa shape index (κ2) is 6.55.